The number of benzene rings is 1. The van der Waals surface area contributed by atoms with Crippen LogP contribution in [0.1, 0.15) is 61.9 Å². The molecule has 232 valence electrons. The summed E-state index contributed by atoms with van der Waals surface area (Å²) in [5, 5.41) is 30.6. The van der Waals surface area contributed by atoms with Crippen molar-refractivity contribution in [2.24, 2.45) is 28.6 Å². The number of aliphatic hydroxyl groups excluding tert-OH is 1. The summed E-state index contributed by atoms with van der Waals surface area (Å²) in [7, 11) is 0. The van der Waals surface area contributed by atoms with Crippen LogP contribution in [0.4, 0.5) is 4.39 Å². The van der Waals surface area contributed by atoms with E-state index in [1.807, 2.05) is 6.92 Å². The number of aliphatic hydroxyl groups is 1. The van der Waals surface area contributed by atoms with Crippen molar-refractivity contribution in [1.29, 1.82) is 0 Å². The molecule has 0 aromatic heterocycles. The van der Waals surface area contributed by atoms with E-state index in [1.165, 1.54) is 36.4 Å². The molecule has 7 atom stereocenters. The first-order valence-electron chi connectivity index (χ1n) is 14.5. The Hall–Kier alpha value is -3.29. The first-order chi connectivity index (χ1) is 20.3. The molecule has 0 bridgehead atoms. The average Bonchev–Trinajstić information content (AvgIpc) is 3.31. The fourth-order valence-corrected chi connectivity index (χ4v) is 8.18. The third kappa shape index (κ3) is 5.46. The van der Waals surface area contributed by atoms with Gasteiger partial charge in [-0.15, -0.1) is 0 Å². The Balaban J connectivity index is 1.16. The van der Waals surface area contributed by atoms with E-state index in [-0.39, 0.29) is 36.1 Å². The highest BCUT2D eigenvalue weighted by Crippen LogP contribution is 2.68. The molecule has 4 aliphatic carbocycles. The lowest BCUT2D eigenvalue weighted by molar-refractivity contribution is -0.497. The van der Waals surface area contributed by atoms with E-state index in [1.54, 1.807) is 13.0 Å². The molecule has 3 unspecified atom stereocenters. The van der Waals surface area contributed by atoms with Crippen LogP contribution in [0.15, 0.2) is 48.1 Å². The third-order valence-corrected chi connectivity index (χ3v) is 10.4. The van der Waals surface area contributed by atoms with Gasteiger partial charge in [-0.1, -0.05) is 30.7 Å². The summed E-state index contributed by atoms with van der Waals surface area (Å²) in [5.74, 6) is -2.96. The summed E-state index contributed by atoms with van der Waals surface area (Å²) in [6, 6.07) is 6.02. The van der Waals surface area contributed by atoms with Gasteiger partial charge in [-0.2, -0.15) is 0 Å². The fourth-order valence-electron chi connectivity index (χ4n) is 8.18. The van der Waals surface area contributed by atoms with Crippen molar-refractivity contribution in [2.75, 3.05) is 13.2 Å². The van der Waals surface area contributed by atoms with Crippen molar-refractivity contribution in [2.45, 2.75) is 64.3 Å². The summed E-state index contributed by atoms with van der Waals surface area (Å²) >= 11 is 0. The molecule has 4 aliphatic rings. The van der Waals surface area contributed by atoms with E-state index in [0.29, 0.717) is 36.8 Å². The van der Waals surface area contributed by atoms with Gasteiger partial charge in [0, 0.05) is 22.8 Å². The second-order valence-electron chi connectivity index (χ2n) is 12.5. The van der Waals surface area contributed by atoms with Crippen LogP contribution in [-0.4, -0.2) is 69.3 Å². The number of halogens is 1. The van der Waals surface area contributed by atoms with E-state index < -0.39 is 64.9 Å². The first kappa shape index (κ1) is 31.1. The normalized spacial score (nSPS) is 34.6. The number of allylic oxidation sites excluding steroid dienone is 4. The van der Waals surface area contributed by atoms with E-state index in [9.17, 15) is 24.3 Å². The number of nitrogens with zero attached hydrogens (tertiary/aromatic N) is 1. The Morgan fingerprint density at radius 1 is 1.09 bits per heavy atom. The number of hydrogen-bond donors (Lipinski definition) is 4. The van der Waals surface area contributed by atoms with Crippen molar-refractivity contribution >= 4 is 23.4 Å². The van der Waals surface area contributed by atoms with Crippen LogP contribution < -0.4 is 5.32 Å². The molecule has 43 heavy (non-hydrogen) atoms. The molecule has 1 aromatic rings. The Bertz CT molecular complexity index is 1360. The lowest BCUT2D eigenvalue weighted by atomic mass is 9.45. The van der Waals surface area contributed by atoms with Gasteiger partial charge in [0.1, 0.15) is 13.2 Å². The Kier molecular flexibility index (Phi) is 8.45. The molecule has 1 aromatic carbocycles. The number of hydrogen-bond acceptors (Lipinski definition) is 10. The number of nitrogens with one attached hydrogen (secondary N) is 1. The molecule has 4 N–H and O–H groups in total. The standard InChI is InChI=1S/C31H37FN2O9/c1-29-14-26(37)31(32)23(8-7-20-13-21(35)11-12-30(20,31)2)22(29)9-10-24(29)25(36)17-42-27(38)15-33-28(39)19-5-3-18(4-6-19)16-43-34(40)41/h3-6,11-13,22-24,26,37,40-41H,7-10,14-17H2,1-2H3,(H,33,39)/t22?,23-,24?,26-,29-,30-,31?/m0/s1. The lowest BCUT2D eigenvalue weighted by Crippen LogP contribution is -2.66. The van der Waals surface area contributed by atoms with Crippen LogP contribution >= 0.6 is 0 Å². The van der Waals surface area contributed by atoms with Crippen LogP contribution in [0.25, 0.3) is 0 Å². The summed E-state index contributed by atoms with van der Waals surface area (Å²) in [5.41, 5.74) is -2.21. The van der Waals surface area contributed by atoms with Crippen LogP contribution in [0.2, 0.25) is 0 Å². The van der Waals surface area contributed by atoms with Gasteiger partial charge in [0.2, 0.25) is 0 Å². The zero-order valence-corrected chi connectivity index (χ0v) is 24.1. The van der Waals surface area contributed by atoms with Gasteiger partial charge >= 0.3 is 5.97 Å². The lowest BCUT2D eigenvalue weighted by Gasteiger charge is -2.62. The molecule has 5 rings (SSSR count). The molecule has 3 fully saturated rings. The number of carbonyl (C=O) groups is 4. The van der Waals surface area contributed by atoms with E-state index >= 15 is 4.39 Å². The largest absolute Gasteiger partial charge is 0.456 e. The maximum atomic E-state index is 17.1. The van der Waals surface area contributed by atoms with Crippen LogP contribution in [-0.2, 0) is 30.6 Å². The number of Topliss-reactive ketones (excluding diaryl/α,β-unsaturated/α-hetero) is 1. The van der Waals surface area contributed by atoms with Crippen molar-refractivity contribution in [1.82, 2.24) is 10.7 Å². The third-order valence-electron chi connectivity index (χ3n) is 10.4. The molecule has 0 heterocycles. The van der Waals surface area contributed by atoms with E-state index in [2.05, 4.69) is 10.2 Å². The van der Waals surface area contributed by atoms with Gasteiger partial charge < -0.3 is 15.2 Å². The summed E-state index contributed by atoms with van der Waals surface area (Å²) < 4.78 is 22.3. The Morgan fingerprint density at radius 2 is 1.81 bits per heavy atom. The van der Waals surface area contributed by atoms with Crippen molar-refractivity contribution in [3.8, 4) is 0 Å². The number of alkyl halides is 1. The molecule has 3 saturated carbocycles. The predicted molar refractivity (Wildman–Crippen MR) is 147 cm³/mol. The molecular formula is C31H37FN2O9. The maximum absolute atomic E-state index is 17.1. The van der Waals surface area contributed by atoms with E-state index in [4.69, 9.17) is 15.2 Å². The molecule has 0 radical (unpaired) electrons. The molecule has 0 aliphatic heterocycles. The molecule has 1 amide bonds. The topological polar surface area (TPSA) is 163 Å². The zero-order valence-electron chi connectivity index (χ0n) is 24.1. The highest BCUT2D eigenvalue weighted by atomic mass is 19.1. The zero-order chi connectivity index (χ0) is 31.2. The molecule has 0 spiro atoms. The van der Waals surface area contributed by atoms with Gasteiger partial charge in [-0.05, 0) is 80.2 Å². The predicted octanol–water partition coefficient (Wildman–Crippen LogP) is 3.03. The van der Waals surface area contributed by atoms with Crippen molar-refractivity contribution in [3.63, 3.8) is 0 Å². The quantitative estimate of drug-likeness (QED) is 0.245. The van der Waals surface area contributed by atoms with Crippen molar-refractivity contribution < 1.29 is 48.7 Å². The number of carbonyl (C=O) groups excluding carboxylic acids is 4. The highest BCUT2D eigenvalue weighted by molar-refractivity contribution is 6.01. The van der Waals surface area contributed by atoms with Gasteiger partial charge in [0.25, 0.3) is 5.91 Å². The smallest absolute Gasteiger partial charge is 0.325 e. The van der Waals surface area contributed by atoms with Gasteiger partial charge in [-0.3, -0.25) is 29.6 Å². The van der Waals surface area contributed by atoms with Crippen molar-refractivity contribution in [3.05, 3.63) is 59.2 Å². The average molecular weight is 601 g/mol. The van der Waals surface area contributed by atoms with Crippen LogP contribution in [0.3, 0.4) is 0 Å². The minimum absolute atomic E-state index is 0.0822. The number of esters is 1. The molecule has 12 heteroatoms. The highest BCUT2D eigenvalue weighted by Gasteiger charge is 2.70. The first-order valence-corrected chi connectivity index (χ1v) is 14.5. The molecular weight excluding hydrogens is 563 g/mol. The number of rotatable bonds is 9. The monoisotopic (exact) mass is 600 g/mol. The van der Waals surface area contributed by atoms with Gasteiger partial charge in [0.05, 0.1) is 18.1 Å². The van der Waals surface area contributed by atoms with E-state index in [0.717, 1.165) is 0 Å². The Labute approximate surface area is 248 Å². The number of amides is 1. The number of fused-ring (bicyclic) bond motifs is 5. The summed E-state index contributed by atoms with van der Waals surface area (Å²) in [6.07, 6.45) is 5.36. The molecule has 0 saturated heterocycles. The summed E-state index contributed by atoms with van der Waals surface area (Å²) in [4.78, 5) is 54.6. The SMILES string of the molecule is C[C@]12C[C@H](O)C3(F)[C@@H](CCC4=CC(=O)C=C[C@@]43C)C1CCC2C(=O)COC(=O)CNC(=O)c1ccc(CON(O)O)cc1. The fraction of sp³-hybridized carbons (Fsp3) is 0.548. The molecule has 11 nitrogen and oxygen atoms in total. The Morgan fingerprint density at radius 3 is 2.51 bits per heavy atom. The second-order valence-corrected chi connectivity index (χ2v) is 12.5. The maximum Gasteiger partial charge on any atom is 0.325 e. The van der Waals surface area contributed by atoms with Crippen LogP contribution in [0.5, 0.6) is 0 Å². The number of ketones is 2. The van der Waals surface area contributed by atoms with Crippen LogP contribution in [0, 0.1) is 28.6 Å². The van der Waals surface area contributed by atoms with Gasteiger partial charge in [0.15, 0.2) is 17.2 Å². The second kappa shape index (κ2) is 11.7. The minimum Gasteiger partial charge on any atom is -0.456 e. The number of ether oxygens (including phenoxy) is 1. The minimum atomic E-state index is -1.96. The van der Waals surface area contributed by atoms with Gasteiger partial charge in [-0.25, -0.2) is 9.23 Å². The summed E-state index contributed by atoms with van der Waals surface area (Å²) in [6.45, 7) is 2.60.